The fourth-order valence-electron chi connectivity index (χ4n) is 2.31. The average molecular weight is 283 g/mol. The molecule has 0 unspecified atom stereocenters. The first-order valence-corrected chi connectivity index (χ1v) is 7.77. The van der Waals surface area contributed by atoms with Gasteiger partial charge in [-0.2, -0.15) is 0 Å². The first-order chi connectivity index (χ1) is 10.3. The Bertz CT molecular complexity index is 516. The zero-order valence-electron chi connectivity index (χ0n) is 13.1. The number of hydrogen-bond acceptors (Lipinski definition) is 2. The Morgan fingerprint density at radius 3 is 2.10 bits per heavy atom. The summed E-state index contributed by atoms with van der Waals surface area (Å²) < 4.78 is 5.17. The summed E-state index contributed by atoms with van der Waals surface area (Å²) in [5.74, 6) is 0.911. The van der Waals surface area contributed by atoms with Crippen LogP contribution in [-0.4, -0.2) is 13.7 Å². The first kappa shape index (κ1) is 15.4. The average Bonchev–Trinajstić information content (AvgIpc) is 2.55. The SMILES string of the molecule is CCCCc1ccc(NCCc2ccc(OC)cc2)cc1. The highest BCUT2D eigenvalue weighted by molar-refractivity contribution is 5.44. The fourth-order valence-corrected chi connectivity index (χ4v) is 2.31. The van der Waals surface area contributed by atoms with Gasteiger partial charge in [0.15, 0.2) is 0 Å². The number of methoxy groups -OCH3 is 1. The van der Waals surface area contributed by atoms with Crippen LogP contribution in [0.1, 0.15) is 30.9 Å². The second kappa shape index (κ2) is 8.35. The number of benzene rings is 2. The molecule has 0 saturated carbocycles. The van der Waals surface area contributed by atoms with Crippen molar-refractivity contribution < 1.29 is 4.74 Å². The largest absolute Gasteiger partial charge is 0.497 e. The van der Waals surface area contributed by atoms with Gasteiger partial charge < -0.3 is 10.1 Å². The van der Waals surface area contributed by atoms with Gasteiger partial charge in [-0.25, -0.2) is 0 Å². The smallest absolute Gasteiger partial charge is 0.118 e. The standard InChI is InChI=1S/C19H25NO/c1-3-4-5-16-6-10-18(11-7-16)20-15-14-17-8-12-19(21-2)13-9-17/h6-13,20H,3-5,14-15H2,1-2H3. The van der Waals surface area contributed by atoms with Gasteiger partial charge in [0.2, 0.25) is 0 Å². The van der Waals surface area contributed by atoms with Gasteiger partial charge in [-0.1, -0.05) is 37.6 Å². The molecule has 0 bridgehead atoms. The van der Waals surface area contributed by atoms with Crippen LogP contribution in [0.2, 0.25) is 0 Å². The molecule has 0 aliphatic carbocycles. The summed E-state index contributed by atoms with van der Waals surface area (Å²) in [4.78, 5) is 0. The van der Waals surface area contributed by atoms with Crippen molar-refractivity contribution >= 4 is 5.69 Å². The van der Waals surface area contributed by atoms with E-state index in [1.165, 1.54) is 36.1 Å². The molecule has 2 heteroatoms. The number of aryl methyl sites for hydroxylation is 1. The number of hydrogen-bond donors (Lipinski definition) is 1. The van der Waals surface area contributed by atoms with Crippen LogP contribution >= 0.6 is 0 Å². The maximum atomic E-state index is 5.17. The monoisotopic (exact) mass is 283 g/mol. The third-order valence-electron chi connectivity index (χ3n) is 3.67. The van der Waals surface area contributed by atoms with E-state index in [4.69, 9.17) is 4.74 Å². The van der Waals surface area contributed by atoms with Gasteiger partial charge in [0.05, 0.1) is 7.11 Å². The Kier molecular flexibility index (Phi) is 6.14. The number of unbranched alkanes of at least 4 members (excludes halogenated alkanes) is 1. The van der Waals surface area contributed by atoms with E-state index in [1.807, 2.05) is 12.1 Å². The molecule has 0 radical (unpaired) electrons. The lowest BCUT2D eigenvalue weighted by atomic mass is 10.1. The van der Waals surface area contributed by atoms with Crippen molar-refractivity contribution in [2.75, 3.05) is 19.0 Å². The van der Waals surface area contributed by atoms with Crippen molar-refractivity contribution in [1.29, 1.82) is 0 Å². The predicted molar refractivity (Wildman–Crippen MR) is 90.2 cm³/mol. The van der Waals surface area contributed by atoms with Crippen LogP contribution in [-0.2, 0) is 12.8 Å². The van der Waals surface area contributed by atoms with Crippen molar-refractivity contribution in [3.8, 4) is 5.75 Å². The van der Waals surface area contributed by atoms with Crippen LogP contribution in [0.5, 0.6) is 5.75 Å². The molecule has 0 aliphatic heterocycles. The molecule has 0 atom stereocenters. The van der Waals surface area contributed by atoms with E-state index in [0.29, 0.717) is 0 Å². The lowest BCUT2D eigenvalue weighted by Gasteiger charge is -2.08. The van der Waals surface area contributed by atoms with Crippen LogP contribution in [0.25, 0.3) is 0 Å². The predicted octanol–water partition coefficient (Wildman–Crippen LogP) is 4.69. The molecule has 0 spiro atoms. The molecule has 0 aliphatic rings. The highest BCUT2D eigenvalue weighted by atomic mass is 16.5. The molecule has 2 aromatic rings. The van der Waals surface area contributed by atoms with Gasteiger partial charge in [0.25, 0.3) is 0 Å². The van der Waals surface area contributed by atoms with Crippen molar-refractivity contribution in [2.24, 2.45) is 0 Å². The van der Waals surface area contributed by atoms with Crippen LogP contribution in [0.15, 0.2) is 48.5 Å². The summed E-state index contributed by atoms with van der Waals surface area (Å²) in [6, 6.07) is 17.1. The van der Waals surface area contributed by atoms with Gasteiger partial charge in [0, 0.05) is 12.2 Å². The van der Waals surface area contributed by atoms with E-state index in [-0.39, 0.29) is 0 Å². The highest BCUT2D eigenvalue weighted by Crippen LogP contribution is 2.14. The van der Waals surface area contributed by atoms with Crippen molar-refractivity contribution in [1.82, 2.24) is 0 Å². The van der Waals surface area contributed by atoms with Crippen molar-refractivity contribution in [2.45, 2.75) is 32.6 Å². The van der Waals surface area contributed by atoms with E-state index >= 15 is 0 Å². The summed E-state index contributed by atoms with van der Waals surface area (Å²) in [7, 11) is 1.70. The van der Waals surface area contributed by atoms with Gasteiger partial charge in [-0.05, 0) is 54.7 Å². The second-order valence-electron chi connectivity index (χ2n) is 5.33. The van der Waals surface area contributed by atoms with Crippen LogP contribution in [0, 0.1) is 0 Å². The molecule has 0 fully saturated rings. The number of nitrogens with one attached hydrogen (secondary N) is 1. The molecule has 0 aromatic heterocycles. The number of ether oxygens (including phenoxy) is 1. The molecular weight excluding hydrogens is 258 g/mol. The second-order valence-corrected chi connectivity index (χ2v) is 5.33. The van der Waals surface area contributed by atoms with Gasteiger partial charge in [-0.3, -0.25) is 0 Å². The third-order valence-corrected chi connectivity index (χ3v) is 3.67. The molecule has 0 amide bonds. The van der Waals surface area contributed by atoms with E-state index in [2.05, 4.69) is 48.6 Å². The normalized spacial score (nSPS) is 10.4. The highest BCUT2D eigenvalue weighted by Gasteiger charge is 1.97. The Hall–Kier alpha value is -1.96. The summed E-state index contributed by atoms with van der Waals surface area (Å²) >= 11 is 0. The molecule has 0 saturated heterocycles. The summed E-state index contributed by atoms with van der Waals surface area (Å²) in [5.41, 5.74) is 3.95. The lowest BCUT2D eigenvalue weighted by Crippen LogP contribution is -2.04. The molecule has 2 nitrogen and oxygen atoms in total. The van der Waals surface area contributed by atoms with Crippen LogP contribution in [0.4, 0.5) is 5.69 Å². The molecular formula is C19H25NO. The molecule has 2 aromatic carbocycles. The minimum atomic E-state index is 0.911. The first-order valence-electron chi connectivity index (χ1n) is 7.77. The Morgan fingerprint density at radius 2 is 1.48 bits per heavy atom. The van der Waals surface area contributed by atoms with Gasteiger partial charge in [0.1, 0.15) is 5.75 Å². The van der Waals surface area contributed by atoms with Crippen LogP contribution in [0.3, 0.4) is 0 Å². The van der Waals surface area contributed by atoms with E-state index < -0.39 is 0 Å². The molecule has 0 heterocycles. The van der Waals surface area contributed by atoms with E-state index in [0.717, 1.165) is 18.7 Å². The molecule has 1 N–H and O–H groups in total. The van der Waals surface area contributed by atoms with Crippen molar-refractivity contribution in [3.63, 3.8) is 0 Å². The summed E-state index contributed by atoms with van der Waals surface area (Å²) in [5, 5.41) is 3.47. The molecule has 21 heavy (non-hydrogen) atoms. The summed E-state index contributed by atoms with van der Waals surface area (Å²) in [6.07, 6.45) is 4.72. The maximum absolute atomic E-state index is 5.17. The topological polar surface area (TPSA) is 21.3 Å². The van der Waals surface area contributed by atoms with Crippen LogP contribution < -0.4 is 10.1 Å². The van der Waals surface area contributed by atoms with E-state index in [1.54, 1.807) is 7.11 Å². The maximum Gasteiger partial charge on any atom is 0.118 e. The number of anilines is 1. The molecule has 2 rings (SSSR count). The minimum Gasteiger partial charge on any atom is -0.497 e. The Labute approximate surface area is 128 Å². The molecule has 112 valence electrons. The lowest BCUT2D eigenvalue weighted by molar-refractivity contribution is 0.414. The van der Waals surface area contributed by atoms with Gasteiger partial charge >= 0.3 is 0 Å². The quantitative estimate of drug-likeness (QED) is 0.758. The minimum absolute atomic E-state index is 0.911. The van der Waals surface area contributed by atoms with Crippen molar-refractivity contribution in [3.05, 3.63) is 59.7 Å². The van der Waals surface area contributed by atoms with E-state index in [9.17, 15) is 0 Å². The summed E-state index contributed by atoms with van der Waals surface area (Å²) in [6.45, 7) is 3.18. The third kappa shape index (κ3) is 5.14. The fraction of sp³-hybridized carbons (Fsp3) is 0.368. The number of rotatable bonds is 8. The zero-order valence-corrected chi connectivity index (χ0v) is 13.1. The van der Waals surface area contributed by atoms with Gasteiger partial charge in [-0.15, -0.1) is 0 Å². The Balaban J connectivity index is 1.77. The zero-order chi connectivity index (χ0) is 14.9. The Morgan fingerprint density at radius 1 is 0.857 bits per heavy atom.